The van der Waals surface area contributed by atoms with E-state index in [9.17, 15) is 9.90 Å². The third-order valence-electron chi connectivity index (χ3n) is 6.39. The molecule has 168 valence electrons. The van der Waals surface area contributed by atoms with Crippen LogP contribution in [0.15, 0.2) is 48.8 Å². The molecule has 0 spiro atoms. The molecule has 0 unspecified atom stereocenters. The predicted octanol–water partition coefficient (Wildman–Crippen LogP) is 5.14. The van der Waals surface area contributed by atoms with Gasteiger partial charge in [-0.3, -0.25) is 9.78 Å². The van der Waals surface area contributed by atoms with Crippen molar-refractivity contribution in [3.63, 3.8) is 0 Å². The van der Waals surface area contributed by atoms with Gasteiger partial charge in [-0.15, -0.1) is 0 Å². The number of pyridine rings is 1. The molecule has 1 saturated carbocycles. The lowest BCUT2D eigenvalue weighted by molar-refractivity contribution is 0.102. The van der Waals surface area contributed by atoms with Gasteiger partial charge in [-0.1, -0.05) is 32.9 Å². The molecule has 0 aliphatic heterocycles. The number of hydrogen-bond donors (Lipinski definition) is 2. The number of carbonyl (C=O) groups is 1. The van der Waals surface area contributed by atoms with Gasteiger partial charge in [-0.2, -0.15) is 5.10 Å². The van der Waals surface area contributed by atoms with Crippen LogP contribution in [0.2, 0.25) is 0 Å². The molecule has 32 heavy (non-hydrogen) atoms. The van der Waals surface area contributed by atoms with Gasteiger partial charge in [0.2, 0.25) is 0 Å². The Kier molecular flexibility index (Phi) is 6.15. The fourth-order valence-electron chi connectivity index (χ4n) is 4.29. The number of amides is 1. The van der Waals surface area contributed by atoms with Crippen LogP contribution >= 0.6 is 0 Å². The molecule has 1 aliphatic rings. The van der Waals surface area contributed by atoms with Crippen molar-refractivity contribution in [1.29, 1.82) is 0 Å². The highest BCUT2D eigenvalue weighted by Crippen LogP contribution is 2.32. The highest BCUT2D eigenvalue weighted by molar-refractivity contribution is 6.04. The SMILES string of the molecule is Cc1c(C(=O)Nc2ccc([C@H]3CC[C@H](O)CC3)nc2)cnn1-c1ccc(C(C)(C)C)cc1. The number of hydrogen-bond acceptors (Lipinski definition) is 4. The molecule has 1 amide bonds. The zero-order valence-electron chi connectivity index (χ0n) is 19.3. The van der Waals surface area contributed by atoms with E-state index >= 15 is 0 Å². The molecule has 0 radical (unpaired) electrons. The molecule has 3 aromatic rings. The van der Waals surface area contributed by atoms with Crippen LogP contribution in [0.25, 0.3) is 5.69 Å². The first-order chi connectivity index (χ1) is 15.2. The Bertz CT molecular complexity index is 1070. The molecule has 2 N–H and O–H groups in total. The van der Waals surface area contributed by atoms with Crippen LogP contribution in [0.5, 0.6) is 0 Å². The zero-order chi connectivity index (χ0) is 22.9. The monoisotopic (exact) mass is 432 g/mol. The zero-order valence-corrected chi connectivity index (χ0v) is 19.3. The average Bonchev–Trinajstić information content (AvgIpc) is 3.16. The lowest BCUT2D eigenvalue weighted by Crippen LogP contribution is -2.18. The largest absolute Gasteiger partial charge is 0.393 e. The van der Waals surface area contributed by atoms with Gasteiger partial charge in [-0.05, 0) is 67.9 Å². The minimum Gasteiger partial charge on any atom is -0.393 e. The molecule has 1 aliphatic carbocycles. The smallest absolute Gasteiger partial charge is 0.259 e. The maximum absolute atomic E-state index is 12.9. The number of aliphatic hydroxyl groups excluding tert-OH is 1. The molecular weight excluding hydrogens is 400 g/mol. The molecule has 2 heterocycles. The molecule has 6 heteroatoms. The number of anilines is 1. The first-order valence-corrected chi connectivity index (χ1v) is 11.3. The van der Waals surface area contributed by atoms with E-state index in [1.54, 1.807) is 17.1 Å². The van der Waals surface area contributed by atoms with Gasteiger partial charge in [0, 0.05) is 11.6 Å². The minimum atomic E-state index is -0.199. The molecule has 1 fully saturated rings. The lowest BCUT2D eigenvalue weighted by Gasteiger charge is -2.24. The molecule has 1 aromatic carbocycles. The van der Waals surface area contributed by atoms with Gasteiger partial charge in [0.15, 0.2) is 0 Å². The molecule has 0 saturated heterocycles. The van der Waals surface area contributed by atoms with Gasteiger partial charge in [0.05, 0.1) is 41.1 Å². The topological polar surface area (TPSA) is 80.0 Å². The average molecular weight is 433 g/mol. The predicted molar refractivity (Wildman–Crippen MR) is 126 cm³/mol. The number of nitrogens with zero attached hydrogens (tertiary/aromatic N) is 3. The fourth-order valence-corrected chi connectivity index (χ4v) is 4.29. The summed E-state index contributed by atoms with van der Waals surface area (Å²) in [4.78, 5) is 17.4. The fraction of sp³-hybridized carbons (Fsp3) is 0.423. The number of benzene rings is 1. The van der Waals surface area contributed by atoms with E-state index in [1.807, 2.05) is 31.2 Å². The van der Waals surface area contributed by atoms with Crippen molar-refractivity contribution in [1.82, 2.24) is 14.8 Å². The van der Waals surface area contributed by atoms with Crippen molar-refractivity contribution >= 4 is 11.6 Å². The first kappa shape index (κ1) is 22.2. The van der Waals surface area contributed by atoms with Gasteiger partial charge < -0.3 is 10.4 Å². The summed E-state index contributed by atoms with van der Waals surface area (Å²) in [6, 6.07) is 12.2. The summed E-state index contributed by atoms with van der Waals surface area (Å²) in [5.74, 6) is 0.184. The van der Waals surface area contributed by atoms with Gasteiger partial charge >= 0.3 is 0 Å². The minimum absolute atomic E-state index is 0.0879. The maximum atomic E-state index is 12.9. The van der Waals surface area contributed by atoms with E-state index in [0.29, 0.717) is 17.2 Å². The van der Waals surface area contributed by atoms with E-state index < -0.39 is 0 Å². The summed E-state index contributed by atoms with van der Waals surface area (Å²) in [7, 11) is 0. The molecule has 0 bridgehead atoms. The summed E-state index contributed by atoms with van der Waals surface area (Å²) in [5, 5.41) is 17.1. The van der Waals surface area contributed by atoms with Crippen LogP contribution in [0.4, 0.5) is 5.69 Å². The van der Waals surface area contributed by atoms with Crippen LogP contribution in [-0.2, 0) is 5.41 Å². The second-order valence-electron chi connectivity index (χ2n) is 9.78. The van der Waals surface area contributed by atoms with E-state index in [-0.39, 0.29) is 17.4 Å². The summed E-state index contributed by atoms with van der Waals surface area (Å²) in [6.45, 7) is 8.46. The Morgan fingerprint density at radius 3 is 2.31 bits per heavy atom. The molecule has 2 aromatic heterocycles. The molecule has 4 rings (SSSR count). The van der Waals surface area contributed by atoms with E-state index in [4.69, 9.17) is 0 Å². The highest BCUT2D eigenvalue weighted by Gasteiger charge is 2.22. The second-order valence-corrected chi connectivity index (χ2v) is 9.78. The van der Waals surface area contributed by atoms with Crippen LogP contribution in [0.1, 0.15) is 79.7 Å². The quantitative estimate of drug-likeness (QED) is 0.598. The van der Waals surface area contributed by atoms with Crippen molar-refractivity contribution < 1.29 is 9.90 Å². The highest BCUT2D eigenvalue weighted by atomic mass is 16.3. The van der Waals surface area contributed by atoms with Crippen molar-refractivity contribution in [2.24, 2.45) is 0 Å². The van der Waals surface area contributed by atoms with E-state index in [0.717, 1.165) is 42.8 Å². The number of carbonyl (C=O) groups excluding carboxylic acids is 1. The van der Waals surface area contributed by atoms with Crippen molar-refractivity contribution in [3.05, 3.63) is 71.3 Å². The number of rotatable bonds is 4. The summed E-state index contributed by atoms with van der Waals surface area (Å²) in [6.07, 6.45) is 6.70. The summed E-state index contributed by atoms with van der Waals surface area (Å²) in [5.41, 5.74) is 5.29. The van der Waals surface area contributed by atoms with Crippen LogP contribution in [-0.4, -0.2) is 31.9 Å². The van der Waals surface area contributed by atoms with Gasteiger partial charge in [0.25, 0.3) is 5.91 Å². The number of aliphatic hydroxyl groups is 1. The standard InChI is InChI=1S/C26H32N4O2/c1-17-23(16-28-30(17)21-10-7-19(8-11-21)26(2,3)4)25(32)29-20-9-14-24(27-15-20)18-5-12-22(31)13-6-18/h7-11,14-16,18,22,31H,5-6,12-13H2,1-4H3,(H,29,32)/t18-,22-. The number of nitrogens with one attached hydrogen (secondary N) is 1. The summed E-state index contributed by atoms with van der Waals surface area (Å²) < 4.78 is 1.79. The Morgan fingerprint density at radius 1 is 1.03 bits per heavy atom. The normalized spacial score (nSPS) is 19.0. The Labute approximate surface area is 189 Å². The molecular formula is C26H32N4O2. The van der Waals surface area contributed by atoms with Gasteiger partial charge in [-0.25, -0.2) is 4.68 Å². The van der Waals surface area contributed by atoms with Crippen LogP contribution < -0.4 is 5.32 Å². The van der Waals surface area contributed by atoms with Crippen LogP contribution in [0, 0.1) is 6.92 Å². The van der Waals surface area contributed by atoms with Crippen LogP contribution in [0.3, 0.4) is 0 Å². The summed E-state index contributed by atoms with van der Waals surface area (Å²) >= 11 is 0. The first-order valence-electron chi connectivity index (χ1n) is 11.3. The third kappa shape index (κ3) is 4.75. The Hall–Kier alpha value is -2.99. The van der Waals surface area contributed by atoms with Crippen molar-refractivity contribution in [3.8, 4) is 5.69 Å². The Balaban J connectivity index is 1.45. The molecule has 0 atom stereocenters. The van der Waals surface area contributed by atoms with Gasteiger partial charge in [0.1, 0.15) is 0 Å². The Morgan fingerprint density at radius 2 is 1.72 bits per heavy atom. The maximum Gasteiger partial charge on any atom is 0.259 e. The number of aromatic nitrogens is 3. The van der Waals surface area contributed by atoms with Crippen molar-refractivity contribution in [2.45, 2.75) is 70.8 Å². The third-order valence-corrected chi connectivity index (χ3v) is 6.39. The van der Waals surface area contributed by atoms with E-state index in [2.05, 4.69) is 48.3 Å². The van der Waals surface area contributed by atoms with Crippen molar-refractivity contribution in [2.75, 3.05) is 5.32 Å². The second kappa shape index (κ2) is 8.87. The molecule has 6 nitrogen and oxygen atoms in total. The van der Waals surface area contributed by atoms with E-state index in [1.165, 1.54) is 5.56 Å². The lowest BCUT2D eigenvalue weighted by atomic mass is 9.85.